The van der Waals surface area contributed by atoms with Gasteiger partial charge in [0.1, 0.15) is 27.3 Å². The van der Waals surface area contributed by atoms with E-state index in [0.29, 0.717) is 27.1 Å². The number of carbonyl (C=O) groups excluding carboxylic acids is 1. The van der Waals surface area contributed by atoms with Gasteiger partial charge in [-0.2, -0.15) is 0 Å². The van der Waals surface area contributed by atoms with Crippen LogP contribution in [0, 0.1) is 12.7 Å². The van der Waals surface area contributed by atoms with E-state index in [-0.39, 0.29) is 18.3 Å². The first kappa shape index (κ1) is 25.0. The maximum Gasteiger partial charge on any atom is 0.347 e. The molecule has 0 aliphatic rings. The number of hydrogen-bond acceptors (Lipinski definition) is 6. The predicted molar refractivity (Wildman–Crippen MR) is 136 cm³/mol. The van der Waals surface area contributed by atoms with Crippen molar-refractivity contribution in [3.05, 3.63) is 94.9 Å². The van der Waals surface area contributed by atoms with Gasteiger partial charge < -0.3 is 9.84 Å². The van der Waals surface area contributed by atoms with Crippen molar-refractivity contribution in [3.63, 3.8) is 0 Å². The van der Waals surface area contributed by atoms with Crippen LogP contribution in [-0.4, -0.2) is 32.6 Å². The van der Waals surface area contributed by atoms with Gasteiger partial charge in [-0.25, -0.2) is 19.2 Å². The monoisotopic (exact) mass is 505 g/mol. The average molecular weight is 506 g/mol. The van der Waals surface area contributed by atoms with E-state index in [1.807, 2.05) is 0 Å². The quantitative estimate of drug-likeness (QED) is 0.328. The van der Waals surface area contributed by atoms with Gasteiger partial charge >= 0.3 is 5.97 Å². The minimum absolute atomic E-state index is 0.224. The Balaban J connectivity index is 1.61. The molecular weight excluding hydrogens is 481 g/mol. The molecule has 4 rings (SSSR count). The maximum absolute atomic E-state index is 13.7. The highest BCUT2D eigenvalue weighted by Gasteiger charge is 2.29. The van der Waals surface area contributed by atoms with Gasteiger partial charge in [-0.1, -0.05) is 18.2 Å². The van der Waals surface area contributed by atoms with Crippen LogP contribution in [0.4, 0.5) is 10.2 Å². The SMILES string of the molecule is Cc1nc(-c2ccc(F)cc2)sc1C(=O)N(Cc1ccc(OC(C)(C)C(=O)O)cc1)c1ccccn1. The van der Waals surface area contributed by atoms with E-state index in [0.717, 1.165) is 11.1 Å². The minimum Gasteiger partial charge on any atom is -0.478 e. The Morgan fingerprint density at radius 3 is 2.36 bits per heavy atom. The number of hydrogen-bond donors (Lipinski definition) is 1. The predicted octanol–water partition coefficient (Wildman–Crippen LogP) is 5.74. The third-order valence-electron chi connectivity index (χ3n) is 5.41. The number of anilines is 1. The molecule has 0 saturated heterocycles. The van der Waals surface area contributed by atoms with Gasteiger partial charge in [0.25, 0.3) is 5.91 Å². The van der Waals surface area contributed by atoms with Crippen LogP contribution in [0.25, 0.3) is 10.6 Å². The molecule has 0 spiro atoms. The van der Waals surface area contributed by atoms with E-state index in [4.69, 9.17) is 4.74 Å². The van der Waals surface area contributed by atoms with Crippen LogP contribution in [0.15, 0.2) is 72.9 Å². The summed E-state index contributed by atoms with van der Waals surface area (Å²) in [5.41, 5.74) is 0.733. The highest BCUT2D eigenvalue weighted by atomic mass is 32.1. The number of carboxylic acids is 1. The Labute approximate surface area is 211 Å². The topological polar surface area (TPSA) is 92.6 Å². The summed E-state index contributed by atoms with van der Waals surface area (Å²) in [6, 6.07) is 18.2. The highest BCUT2D eigenvalue weighted by Crippen LogP contribution is 2.30. The zero-order valence-electron chi connectivity index (χ0n) is 19.9. The summed E-state index contributed by atoms with van der Waals surface area (Å²) in [5.74, 6) is -0.787. The van der Waals surface area contributed by atoms with Crippen molar-refractivity contribution in [2.75, 3.05) is 4.90 Å². The summed E-state index contributed by atoms with van der Waals surface area (Å²) < 4.78 is 18.9. The van der Waals surface area contributed by atoms with E-state index >= 15 is 0 Å². The first-order valence-electron chi connectivity index (χ1n) is 11.1. The van der Waals surface area contributed by atoms with Crippen LogP contribution in [0.3, 0.4) is 0 Å². The molecule has 0 bridgehead atoms. The van der Waals surface area contributed by atoms with Crippen LogP contribution >= 0.6 is 11.3 Å². The lowest BCUT2D eigenvalue weighted by Gasteiger charge is -2.23. The van der Waals surface area contributed by atoms with E-state index < -0.39 is 11.6 Å². The third-order valence-corrected chi connectivity index (χ3v) is 6.60. The molecule has 2 aromatic heterocycles. The van der Waals surface area contributed by atoms with Gasteiger partial charge in [0.05, 0.1) is 12.2 Å². The second-order valence-corrected chi connectivity index (χ2v) is 9.58. The smallest absolute Gasteiger partial charge is 0.347 e. The van der Waals surface area contributed by atoms with Gasteiger partial charge in [0.15, 0.2) is 5.60 Å². The summed E-state index contributed by atoms with van der Waals surface area (Å²) in [6.07, 6.45) is 1.62. The lowest BCUT2D eigenvalue weighted by atomic mass is 10.1. The second kappa shape index (κ2) is 10.2. The molecule has 184 valence electrons. The number of carboxylic acid groups (broad SMARTS) is 1. The molecule has 2 aromatic carbocycles. The van der Waals surface area contributed by atoms with Crippen molar-refractivity contribution in [2.45, 2.75) is 32.9 Å². The van der Waals surface area contributed by atoms with Crippen LogP contribution in [0.1, 0.15) is 34.8 Å². The number of thiazole rings is 1. The van der Waals surface area contributed by atoms with E-state index in [1.165, 1.54) is 37.3 Å². The lowest BCUT2D eigenvalue weighted by molar-refractivity contribution is -0.152. The summed E-state index contributed by atoms with van der Waals surface area (Å²) >= 11 is 1.24. The first-order chi connectivity index (χ1) is 17.1. The Kier molecular flexibility index (Phi) is 7.12. The number of ether oxygens (including phenoxy) is 1. The molecule has 0 atom stereocenters. The standard InChI is InChI=1S/C27H24FN3O4S/c1-17-23(36-24(30-17)19-9-11-20(28)12-10-19)25(32)31(22-6-4-5-15-29-22)16-18-7-13-21(14-8-18)35-27(2,3)26(33)34/h4-15H,16H2,1-3H3,(H,33,34). The van der Waals surface area contributed by atoms with Crippen LogP contribution < -0.4 is 9.64 Å². The summed E-state index contributed by atoms with van der Waals surface area (Å²) in [6.45, 7) is 4.94. The number of carbonyl (C=O) groups is 2. The van der Waals surface area contributed by atoms with Gasteiger partial charge in [0.2, 0.25) is 0 Å². The van der Waals surface area contributed by atoms with Crippen molar-refractivity contribution in [1.29, 1.82) is 0 Å². The fourth-order valence-corrected chi connectivity index (χ4v) is 4.41. The Morgan fingerprint density at radius 2 is 1.75 bits per heavy atom. The van der Waals surface area contributed by atoms with Crippen molar-refractivity contribution < 1.29 is 23.8 Å². The fraction of sp³-hybridized carbons (Fsp3) is 0.185. The van der Waals surface area contributed by atoms with Crippen molar-refractivity contribution >= 4 is 29.0 Å². The molecule has 0 aliphatic carbocycles. The average Bonchev–Trinajstić information content (AvgIpc) is 3.25. The number of aliphatic carboxylic acids is 1. The van der Waals surface area contributed by atoms with Crippen LogP contribution in [0.5, 0.6) is 5.75 Å². The molecule has 9 heteroatoms. The number of amides is 1. The summed E-state index contributed by atoms with van der Waals surface area (Å²) in [4.78, 5) is 36.0. The molecule has 36 heavy (non-hydrogen) atoms. The molecule has 7 nitrogen and oxygen atoms in total. The normalized spacial score (nSPS) is 11.2. The summed E-state index contributed by atoms with van der Waals surface area (Å²) in [7, 11) is 0. The number of nitrogens with zero attached hydrogens (tertiary/aromatic N) is 3. The number of aromatic nitrogens is 2. The second-order valence-electron chi connectivity index (χ2n) is 8.58. The van der Waals surface area contributed by atoms with Gasteiger partial charge in [-0.05, 0) is 74.9 Å². The molecule has 1 N–H and O–H groups in total. The lowest BCUT2D eigenvalue weighted by Crippen LogP contribution is -2.37. The summed E-state index contributed by atoms with van der Waals surface area (Å²) in [5, 5.41) is 9.91. The number of benzene rings is 2. The Hall–Kier alpha value is -4.11. The van der Waals surface area contributed by atoms with Crippen LogP contribution in [-0.2, 0) is 11.3 Å². The highest BCUT2D eigenvalue weighted by molar-refractivity contribution is 7.17. The fourth-order valence-electron chi connectivity index (χ4n) is 3.39. The Morgan fingerprint density at radius 1 is 1.06 bits per heavy atom. The van der Waals surface area contributed by atoms with E-state index in [1.54, 1.807) is 72.6 Å². The zero-order chi connectivity index (χ0) is 25.9. The van der Waals surface area contributed by atoms with Gasteiger partial charge in [-0.3, -0.25) is 9.69 Å². The van der Waals surface area contributed by atoms with Crippen molar-refractivity contribution in [1.82, 2.24) is 9.97 Å². The number of rotatable bonds is 8. The molecule has 0 radical (unpaired) electrons. The third kappa shape index (κ3) is 5.58. The van der Waals surface area contributed by atoms with Gasteiger partial charge in [0, 0.05) is 11.8 Å². The minimum atomic E-state index is -1.37. The number of aryl methyl sites for hydroxylation is 1. The molecule has 1 amide bonds. The van der Waals surface area contributed by atoms with Crippen molar-refractivity contribution in [3.8, 4) is 16.3 Å². The molecule has 0 unspecified atom stereocenters. The number of halogens is 1. The number of pyridine rings is 1. The Bertz CT molecular complexity index is 1370. The van der Waals surface area contributed by atoms with Gasteiger partial charge in [-0.15, -0.1) is 11.3 Å². The van der Waals surface area contributed by atoms with E-state index in [2.05, 4.69) is 9.97 Å². The molecule has 0 fully saturated rings. The zero-order valence-corrected chi connectivity index (χ0v) is 20.8. The van der Waals surface area contributed by atoms with E-state index in [9.17, 15) is 19.1 Å². The molecule has 0 aliphatic heterocycles. The molecule has 4 aromatic rings. The van der Waals surface area contributed by atoms with Crippen LogP contribution in [0.2, 0.25) is 0 Å². The maximum atomic E-state index is 13.7. The van der Waals surface area contributed by atoms with Crippen molar-refractivity contribution in [2.24, 2.45) is 0 Å². The molecule has 2 heterocycles. The first-order valence-corrected chi connectivity index (χ1v) is 11.9. The molecule has 0 saturated carbocycles. The largest absolute Gasteiger partial charge is 0.478 e. The molecular formula is C27H24FN3O4S.